The Morgan fingerprint density at radius 3 is 2.70 bits per heavy atom. The third-order valence-electron chi connectivity index (χ3n) is 1.15. The first kappa shape index (κ1) is 7.54. The fraction of sp³-hybridized carbons (Fsp3) is 0.143. The van der Waals surface area contributed by atoms with Gasteiger partial charge in [-0.05, 0) is 6.07 Å². The van der Waals surface area contributed by atoms with Gasteiger partial charge in [-0.25, -0.2) is 4.84 Å². The Morgan fingerprint density at radius 1 is 1.40 bits per heavy atom. The number of nitrogens with two attached hydrogens (primary N) is 1. The third-order valence-corrected chi connectivity index (χ3v) is 1.49. The lowest BCUT2D eigenvalue weighted by atomic mass is 10.3. The van der Waals surface area contributed by atoms with Crippen molar-refractivity contribution in [3.63, 3.8) is 0 Å². The van der Waals surface area contributed by atoms with Crippen molar-refractivity contribution in [3.8, 4) is 0 Å². The first-order valence-electron chi connectivity index (χ1n) is 2.95. The van der Waals surface area contributed by atoms with Crippen molar-refractivity contribution in [2.45, 2.75) is 0 Å². The van der Waals surface area contributed by atoms with Crippen LogP contribution in [0.1, 0.15) is 0 Å². The molecule has 0 radical (unpaired) electrons. The molecule has 0 unspecified atom stereocenters. The summed E-state index contributed by atoms with van der Waals surface area (Å²) in [6.07, 6.45) is 0. The zero-order chi connectivity index (χ0) is 7.40. The highest BCUT2D eigenvalue weighted by Crippen LogP contribution is 2.14. The molecule has 0 aromatic heterocycles. The van der Waals surface area contributed by atoms with Crippen molar-refractivity contribution in [1.29, 1.82) is 0 Å². The fourth-order valence-electron chi connectivity index (χ4n) is 0.698. The predicted octanol–water partition coefficient (Wildman–Crippen LogP) is 1.10. The number of hydrogen-bond donors (Lipinski definition) is 1. The quantitative estimate of drug-likeness (QED) is 0.506. The zero-order valence-electron chi connectivity index (χ0n) is 5.67. The molecule has 0 aliphatic rings. The molecule has 2 nitrogen and oxygen atoms in total. The Kier molecular flexibility index (Phi) is 2.68. The van der Waals surface area contributed by atoms with Crippen molar-refractivity contribution in [1.82, 2.24) is 0 Å². The molecule has 0 bridgehead atoms. The van der Waals surface area contributed by atoms with Gasteiger partial charge in [0.2, 0.25) is 0 Å². The normalized spacial score (nSPS) is 9.80. The molecular formula is C7H9ClNO+. The lowest BCUT2D eigenvalue weighted by molar-refractivity contribution is -0.830. The highest BCUT2D eigenvalue weighted by atomic mass is 35.5. The van der Waals surface area contributed by atoms with Gasteiger partial charge in [-0.3, -0.25) is 0 Å². The first-order chi connectivity index (χ1) is 4.84. The molecule has 0 saturated carbocycles. The van der Waals surface area contributed by atoms with Crippen LogP contribution in [0.4, 0.5) is 5.69 Å². The van der Waals surface area contributed by atoms with Crippen LogP contribution in [-0.4, -0.2) is 7.11 Å². The van der Waals surface area contributed by atoms with Crippen LogP contribution >= 0.6 is 11.6 Å². The van der Waals surface area contributed by atoms with E-state index in [0.717, 1.165) is 5.69 Å². The van der Waals surface area contributed by atoms with E-state index >= 15 is 0 Å². The van der Waals surface area contributed by atoms with E-state index < -0.39 is 0 Å². The first-order valence-corrected chi connectivity index (χ1v) is 3.33. The van der Waals surface area contributed by atoms with Gasteiger partial charge in [-0.2, -0.15) is 5.48 Å². The van der Waals surface area contributed by atoms with Crippen molar-refractivity contribution < 1.29 is 10.3 Å². The van der Waals surface area contributed by atoms with Crippen LogP contribution in [0.15, 0.2) is 24.3 Å². The summed E-state index contributed by atoms with van der Waals surface area (Å²) in [6, 6.07) is 7.52. The standard InChI is InChI=1S/C7H8ClNO/c1-10-9-7-5-3-2-4-6(7)8/h2-5,9H,1H3/p+1. The number of hydrogen-bond acceptors (Lipinski definition) is 1. The molecule has 54 valence electrons. The van der Waals surface area contributed by atoms with Crippen molar-refractivity contribution in [2.75, 3.05) is 7.11 Å². The minimum atomic E-state index is 0.712. The van der Waals surface area contributed by atoms with Gasteiger partial charge >= 0.3 is 0 Å². The molecule has 10 heavy (non-hydrogen) atoms. The topological polar surface area (TPSA) is 25.8 Å². The van der Waals surface area contributed by atoms with E-state index in [9.17, 15) is 0 Å². The fourth-order valence-corrected chi connectivity index (χ4v) is 0.878. The summed E-state index contributed by atoms with van der Waals surface area (Å²) < 4.78 is 0. The second-order valence-corrected chi connectivity index (χ2v) is 2.28. The van der Waals surface area contributed by atoms with Gasteiger partial charge in [0.25, 0.3) is 0 Å². The third kappa shape index (κ3) is 1.70. The minimum Gasteiger partial charge on any atom is -0.204 e. The van der Waals surface area contributed by atoms with E-state index in [0.29, 0.717) is 5.02 Å². The van der Waals surface area contributed by atoms with Crippen molar-refractivity contribution in [3.05, 3.63) is 29.3 Å². The van der Waals surface area contributed by atoms with Gasteiger partial charge in [0, 0.05) is 6.07 Å². The Morgan fingerprint density at radius 2 is 2.10 bits per heavy atom. The molecule has 2 N–H and O–H groups in total. The summed E-state index contributed by atoms with van der Waals surface area (Å²) in [5, 5.41) is 0.712. The molecule has 0 heterocycles. The van der Waals surface area contributed by atoms with Crippen LogP contribution in [-0.2, 0) is 4.84 Å². The van der Waals surface area contributed by atoms with Gasteiger partial charge in [-0.1, -0.05) is 23.7 Å². The van der Waals surface area contributed by atoms with E-state index in [1.807, 2.05) is 24.3 Å². The van der Waals surface area contributed by atoms with E-state index in [-0.39, 0.29) is 0 Å². The summed E-state index contributed by atoms with van der Waals surface area (Å²) >= 11 is 5.79. The second-order valence-electron chi connectivity index (χ2n) is 1.88. The molecule has 0 aliphatic heterocycles. The Hall–Kier alpha value is -0.570. The second kappa shape index (κ2) is 3.56. The van der Waals surface area contributed by atoms with Gasteiger partial charge in [0.15, 0.2) is 5.69 Å². The Labute approximate surface area is 64.7 Å². The molecule has 0 amide bonds. The van der Waals surface area contributed by atoms with E-state index in [2.05, 4.69) is 0 Å². The van der Waals surface area contributed by atoms with Crippen LogP contribution in [0.3, 0.4) is 0 Å². The largest absolute Gasteiger partial charge is 0.204 e. The number of quaternary nitrogens is 1. The Balaban J connectivity index is 2.81. The molecule has 0 spiro atoms. The lowest BCUT2D eigenvalue weighted by Crippen LogP contribution is -2.76. The highest BCUT2D eigenvalue weighted by molar-refractivity contribution is 6.32. The molecular weight excluding hydrogens is 150 g/mol. The SMILES string of the molecule is CO[NH2+]c1ccccc1Cl. The monoisotopic (exact) mass is 158 g/mol. The number of halogens is 1. The van der Waals surface area contributed by atoms with Crippen molar-refractivity contribution in [2.24, 2.45) is 0 Å². The smallest absolute Gasteiger partial charge is 0.180 e. The maximum Gasteiger partial charge on any atom is 0.180 e. The van der Waals surface area contributed by atoms with Crippen LogP contribution in [0, 0.1) is 0 Å². The number of benzene rings is 1. The van der Waals surface area contributed by atoms with Crippen LogP contribution in [0.5, 0.6) is 0 Å². The molecule has 1 aromatic carbocycles. The van der Waals surface area contributed by atoms with Gasteiger partial charge in [0.1, 0.15) is 5.02 Å². The van der Waals surface area contributed by atoms with Gasteiger partial charge < -0.3 is 0 Å². The summed E-state index contributed by atoms with van der Waals surface area (Å²) in [6.45, 7) is 0. The van der Waals surface area contributed by atoms with E-state index in [1.54, 1.807) is 12.6 Å². The summed E-state index contributed by atoms with van der Waals surface area (Å²) in [7, 11) is 1.60. The molecule has 0 saturated heterocycles. The summed E-state index contributed by atoms with van der Waals surface area (Å²) in [4.78, 5) is 4.80. The molecule has 0 fully saturated rings. The minimum absolute atomic E-state index is 0.712. The molecule has 0 aliphatic carbocycles. The van der Waals surface area contributed by atoms with Gasteiger partial charge in [0.05, 0.1) is 7.11 Å². The van der Waals surface area contributed by atoms with Crippen LogP contribution in [0.2, 0.25) is 5.02 Å². The molecule has 1 aromatic rings. The summed E-state index contributed by atoms with van der Waals surface area (Å²) in [5.74, 6) is 0. The van der Waals surface area contributed by atoms with Crippen LogP contribution < -0.4 is 5.48 Å². The predicted molar refractivity (Wildman–Crippen MR) is 40.0 cm³/mol. The van der Waals surface area contributed by atoms with E-state index in [4.69, 9.17) is 16.4 Å². The van der Waals surface area contributed by atoms with Crippen LogP contribution in [0.25, 0.3) is 0 Å². The maximum atomic E-state index is 5.79. The lowest BCUT2D eigenvalue weighted by Gasteiger charge is -1.96. The highest BCUT2D eigenvalue weighted by Gasteiger charge is 1.99. The summed E-state index contributed by atoms with van der Waals surface area (Å²) in [5.41, 5.74) is 2.52. The van der Waals surface area contributed by atoms with Crippen molar-refractivity contribution >= 4 is 17.3 Å². The molecule has 3 heteroatoms. The van der Waals surface area contributed by atoms with Gasteiger partial charge in [-0.15, -0.1) is 0 Å². The average molecular weight is 159 g/mol. The maximum absolute atomic E-state index is 5.79. The van der Waals surface area contributed by atoms with E-state index in [1.165, 1.54) is 0 Å². The number of rotatable bonds is 2. The molecule has 0 atom stereocenters. The zero-order valence-corrected chi connectivity index (χ0v) is 6.43. The Bertz CT molecular complexity index is 215. The molecule has 1 rings (SSSR count). The average Bonchev–Trinajstić information content (AvgIpc) is 1.94.